The molecule has 3 heterocycles. The highest BCUT2D eigenvalue weighted by Crippen LogP contribution is 2.37. The van der Waals surface area contributed by atoms with E-state index >= 15 is 0 Å². The van der Waals surface area contributed by atoms with Gasteiger partial charge >= 0.3 is 0 Å². The van der Waals surface area contributed by atoms with E-state index in [1.165, 1.54) is 6.07 Å². The van der Waals surface area contributed by atoms with Crippen LogP contribution in [0.5, 0.6) is 0 Å². The van der Waals surface area contributed by atoms with Crippen LogP contribution < -0.4 is 0 Å². The van der Waals surface area contributed by atoms with E-state index in [0.29, 0.717) is 16.9 Å². The first-order chi connectivity index (χ1) is 11.1. The van der Waals surface area contributed by atoms with E-state index in [1.54, 1.807) is 29.7 Å². The topological polar surface area (TPSA) is 54.5 Å². The molecule has 1 aromatic carbocycles. The summed E-state index contributed by atoms with van der Waals surface area (Å²) in [4.78, 5) is 8.82. The highest BCUT2D eigenvalue weighted by Gasteiger charge is 2.18. The maximum atomic E-state index is 13.8. The zero-order valence-corrected chi connectivity index (χ0v) is 13.5. The number of pyridine rings is 1. The number of nitrogens with zero attached hydrogens (tertiary/aromatic N) is 3. The Balaban J connectivity index is 2.04. The monoisotopic (exact) mass is 344 g/mol. The summed E-state index contributed by atoms with van der Waals surface area (Å²) >= 11 is 7.69. The third-order valence-electron chi connectivity index (χ3n) is 3.56. The van der Waals surface area contributed by atoms with Crippen molar-refractivity contribution >= 4 is 34.0 Å². The standard InChI is InChI=1S/C16H10ClFN4S/c1-8-20-12(7-23-8)9-5-6-19-16-13(9)15(21-22-16)10-3-2-4-11(18)14(10)17/h2-7H,1H3,(H,19,21,22). The fourth-order valence-corrected chi connectivity index (χ4v) is 3.36. The van der Waals surface area contributed by atoms with Crippen molar-refractivity contribution in [3.05, 3.63) is 51.7 Å². The Morgan fingerprint density at radius 3 is 2.87 bits per heavy atom. The maximum absolute atomic E-state index is 13.8. The molecule has 23 heavy (non-hydrogen) atoms. The minimum absolute atomic E-state index is 0.0464. The van der Waals surface area contributed by atoms with Crippen molar-refractivity contribution in [2.45, 2.75) is 6.92 Å². The predicted molar refractivity (Wildman–Crippen MR) is 90.1 cm³/mol. The normalized spacial score (nSPS) is 11.3. The van der Waals surface area contributed by atoms with E-state index in [2.05, 4.69) is 20.2 Å². The average Bonchev–Trinajstić information content (AvgIpc) is 3.16. The van der Waals surface area contributed by atoms with Gasteiger partial charge in [-0.05, 0) is 19.1 Å². The molecule has 0 aliphatic rings. The number of aromatic nitrogens is 4. The number of nitrogens with one attached hydrogen (secondary N) is 1. The second-order valence-electron chi connectivity index (χ2n) is 5.01. The first-order valence-corrected chi connectivity index (χ1v) is 8.11. The fraction of sp³-hybridized carbons (Fsp3) is 0.0625. The average molecular weight is 345 g/mol. The molecule has 4 nitrogen and oxygen atoms in total. The summed E-state index contributed by atoms with van der Waals surface area (Å²) in [5.41, 5.74) is 3.44. The molecule has 4 aromatic rings. The Bertz CT molecular complexity index is 1020. The molecule has 0 saturated heterocycles. The Morgan fingerprint density at radius 1 is 1.22 bits per heavy atom. The largest absolute Gasteiger partial charge is 0.260 e. The molecular formula is C16H10ClFN4S. The van der Waals surface area contributed by atoms with Crippen LogP contribution in [0.15, 0.2) is 35.8 Å². The molecule has 0 atom stereocenters. The van der Waals surface area contributed by atoms with Crippen molar-refractivity contribution in [2.75, 3.05) is 0 Å². The molecule has 0 aliphatic heterocycles. The van der Waals surface area contributed by atoms with Gasteiger partial charge in [-0.2, -0.15) is 5.10 Å². The molecule has 0 spiro atoms. The molecule has 0 radical (unpaired) electrons. The van der Waals surface area contributed by atoms with Crippen molar-refractivity contribution in [1.29, 1.82) is 0 Å². The van der Waals surface area contributed by atoms with Crippen LogP contribution in [0.25, 0.3) is 33.5 Å². The summed E-state index contributed by atoms with van der Waals surface area (Å²) in [6, 6.07) is 6.55. The van der Waals surface area contributed by atoms with E-state index in [-0.39, 0.29) is 5.02 Å². The zero-order chi connectivity index (χ0) is 16.0. The van der Waals surface area contributed by atoms with E-state index in [4.69, 9.17) is 11.6 Å². The van der Waals surface area contributed by atoms with Crippen LogP contribution in [0.1, 0.15) is 5.01 Å². The van der Waals surface area contributed by atoms with Crippen LogP contribution in [0, 0.1) is 12.7 Å². The lowest BCUT2D eigenvalue weighted by Crippen LogP contribution is -1.87. The van der Waals surface area contributed by atoms with Crippen molar-refractivity contribution < 1.29 is 4.39 Å². The van der Waals surface area contributed by atoms with Crippen LogP contribution in [-0.4, -0.2) is 20.2 Å². The van der Waals surface area contributed by atoms with Gasteiger partial charge in [0, 0.05) is 22.7 Å². The molecule has 0 aliphatic carbocycles. The van der Waals surface area contributed by atoms with Crippen LogP contribution >= 0.6 is 22.9 Å². The Hall–Kier alpha value is -2.31. The number of hydrogen-bond acceptors (Lipinski definition) is 4. The lowest BCUT2D eigenvalue weighted by molar-refractivity contribution is 0.628. The summed E-state index contributed by atoms with van der Waals surface area (Å²) in [6.45, 7) is 1.95. The molecule has 7 heteroatoms. The lowest BCUT2D eigenvalue weighted by Gasteiger charge is -2.05. The van der Waals surface area contributed by atoms with E-state index in [9.17, 15) is 4.39 Å². The van der Waals surface area contributed by atoms with Gasteiger partial charge in [0.1, 0.15) is 11.5 Å². The fourth-order valence-electron chi connectivity index (χ4n) is 2.53. The van der Waals surface area contributed by atoms with Crippen molar-refractivity contribution in [1.82, 2.24) is 20.2 Å². The summed E-state index contributed by atoms with van der Waals surface area (Å²) in [7, 11) is 0. The van der Waals surface area contributed by atoms with Gasteiger partial charge in [-0.3, -0.25) is 5.10 Å². The zero-order valence-electron chi connectivity index (χ0n) is 12.0. The Kier molecular flexibility index (Phi) is 3.36. The number of aryl methyl sites for hydroxylation is 1. The number of hydrogen-bond donors (Lipinski definition) is 1. The third kappa shape index (κ3) is 2.31. The number of halogens is 2. The molecule has 0 bridgehead atoms. The van der Waals surface area contributed by atoms with E-state index in [1.807, 2.05) is 18.4 Å². The van der Waals surface area contributed by atoms with Crippen molar-refractivity contribution in [2.24, 2.45) is 0 Å². The van der Waals surface area contributed by atoms with Gasteiger partial charge in [0.15, 0.2) is 5.65 Å². The Morgan fingerprint density at radius 2 is 2.09 bits per heavy atom. The smallest absolute Gasteiger partial charge is 0.156 e. The predicted octanol–water partition coefficient (Wildman–Crippen LogP) is 4.85. The van der Waals surface area contributed by atoms with Gasteiger partial charge in [-0.1, -0.05) is 23.7 Å². The van der Waals surface area contributed by atoms with Gasteiger partial charge in [0.25, 0.3) is 0 Å². The van der Waals surface area contributed by atoms with Crippen molar-refractivity contribution in [3.63, 3.8) is 0 Å². The van der Waals surface area contributed by atoms with Gasteiger partial charge < -0.3 is 0 Å². The first kappa shape index (κ1) is 14.3. The molecule has 0 fully saturated rings. The van der Waals surface area contributed by atoms with Crippen LogP contribution in [-0.2, 0) is 0 Å². The quantitative estimate of drug-likeness (QED) is 0.565. The third-order valence-corrected chi connectivity index (χ3v) is 4.72. The molecule has 1 N–H and O–H groups in total. The first-order valence-electron chi connectivity index (χ1n) is 6.85. The van der Waals surface area contributed by atoms with Crippen LogP contribution in [0.3, 0.4) is 0 Å². The molecule has 0 amide bonds. The number of thiazole rings is 1. The molecule has 0 unspecified atom stereocenters. The molecule has 114 valence electrons. The van der Waals surface area contributed by atoms with E-state index in [0.717, 1.165) is 21.7 Å². The molecule has 3 aromatic heterocycles. The van der Waals surface area contributed by atoms with Crippen LogP contribution in [0.4, 0.5) is 4.39 Å². The number of rotatable bonds is 2. The summed E-state index contributed by atoms with van der Waals surface area (Å²) in [6.07, 6.45) is 1.70. The molecule has 4 rings (SSSR count). The summed E-state index contributed by atoms with van der Waals surface area (Å²) in [5, 5.41) is 11.0. The summed E-state index contributed by atoms with van der Waals surface area (Å²) in [5.74, 6) is -0.477. The van der Waals surface area contributed by atoms with Gasteiger partial charge in [-0.15, -0.1) is 11.3 Å². The second-order valence-corrected chi connectivity index (χ2v) is 6.45. The minimum Gasteiger partial charge on any atom is -0.260 e. The SMILES string of the molecule is Cc1nc(-c2ccnc3[nH]nc(-c4cccc(F)c4Cl)c23)cs1. The highest BCUT2D eigenvalue weighted by molar-refractivity contribution is 7.09. The molecular weight excluding hydrogens is 335 g/mol. The van der Waals surface area contributed by atoms with Crippen LogP contribution in [0.2, 0.25) is 5.02 Å². The summed E-state index contributed by atoms with van der Waals surface area (Å²) < 4.78 is 13.8. The van der Waals surface area contributed by atoms with Crippen molar-refractivity contribution in [3.8, 4) is 22.5 Å². The van der Waals surface area contributed by atoms with E-state index < -0.39 is 5.82 Å². The Labute approximate surface area is 140 Å². The second kappa shape index (κ2) is 5.40. The molecule has 0 saturated carbocycles. The number of aromatic amines is 1. The maximum Gasteiger partial charge on any atom is 0.156 e. The van der Waals surface area contributed by atoms with Gasteiger partial charge in [0.2, 0.25) is 0 Å². The van der Waals surface area contributed by atoms with Gasteiger partial charge in [0.05, 0.1) is 21.1 Å². The lowest BCUT2D eigenvalue weighted by atomic mass is 10.0. The highest BCUT2D eigenvalue weighted by atomic mass is 35.5. The number of fused-ring (bicyclic) bond motifs is 1. The van der Waals surface area contributed by atoms with Gasteiger partial charge in [-0.25, -0.2) is 14.4 Å². The minimum atomic E-state index is -0.477. The number of H-pyrrole nitrogens is 1. The number of benzene rings is 1.